The van der Waals surface area contributed by atoms with E-state index in [1.54, 1.807) is 47.4 Å². The molecular formula is C19H20ClFN2O3S2. The molecule has 3 rings (SSSR count). The lowest BCUT2D eigenvalue weighted by molar-refractivity contribution is -0.129. The summed E-state index contributed by atoms with van der Waals surface area (Å²) >= 11 is 7.28. The average molecular weight is 443 g/mol. The maximum atomic E-state index is 13.8. The van der Waals surface area contributed by atoms with E-state index in [2.05, 4.69) is 0 Å². The van der Waals surface area contributed by atoms with Gasteiger partial charge in [0.25, 0.3) is 0 Å². The molecule has 0 bridgehead atoms. The van der Waals surface area contributed by atoms with Crippen LogP contribution in [0.25, 0.3) is 0 Å². The zero-order valence-corrected chi connectivity index (χ0v) is 17.4. The standard InChI is InChI=1S/C19H20ClFN2O3S2/c20-17-7-4-8-18(21)16(17)13-27-14-19(24)22-9-11-23(12-10-22)28(25,26)15-5-2-1-3-6-15/h1-8H,9-14H2. The fourth-order valence-electron chi connectivity index (χ4n) is 2.92. The molecule has 0 aliphatic carbocycles. The Morgan fingerprint density at radius 2 is 1.71 bits per heavy atom. The number of carbonyl (C=O) groups excluding carboxylic acids is 1. The van der Waals surface area contributed by atoms with Crippen LogP contribution in [-0.2, 0) is 20.6 Å². The third-order valence-electron chi connectivity index (χ3n) is 4.51. The van der Waals surface area contributed by atoms with Crippen molar-refractivity contribution in [3.8, 4) is 0 Å². The Kier molecular flexibility index (Phi) is 6.98. The third-order valence-corrected chi connectivity index (χ3v) is 7.72. The maximum absolute atomic E-state index is 13.8. The van der Waals surface area contributed by atoms with E-state index in [-0.39, 0.29) is 35.5 Å². The van der Waals surface area contributed by atoms with Gasteiger partial charge in [0.15, 0.2) is 0 Å². The second kappa shape index (κ2) is 9.26. The summed E-state index contributed by atoms with van der Waals surface area (Å²) in [5.41, 5.74) is 0.390. The van der Waals surface area contributed by atoms with Crippen molar-refractivity contribution in [2.75, 3.05) is 31.9 Å². The first-order valence-corrected chi connectivity index (χ1v) is 11.7. The van der Waals surface area contributed by atoms with Crippen LogP contribution in [-0.4, -0.2) is 55.5 Å². The van der Waals surface area contributed by atoms with Crippen molar-refractivity contribution in [3.63, 3.8) is 0 Å². The molecule has 0 unspecified atom stereocenters. The van der Waals surface area contributed by atoms with Crippen molar-refractivity contribution in [1.29, 1.82) is 0 Å². The second-order valence-electron chi connectivity index (χ2n) is 6.29. The Balaban J connectivity index is 1.50. The molecule has 5 nitrogen and oxygen atoms in total. The Morgan fingerprint density at radius 1 is 1.04 bits per heavy atom. The number of carbonyl (C=O) groups is 1. The van der Waals surface area contributed by atoms with Gasteiger partial charge >= 0.3 is 0 Å². The Morgan fingerprint density at radius 3 is 2.36 bits per heavy atom. The molecule has 0 radical (unpaired) electrons. The van der Waals surface area contributed by atoms with E-state index in [1.807, 2.05) is 0 Å². The molecule has 2 aromatic carbocycles. The largest absolute Gasteiger partial charge is 0.339 e. The van der Waals surface area contributed by atoms with Gasteiger partial charge in [0, 0.05) is 42.5 Å². The number of nitrogens with zero attached hydrogens (tertiary/aromatic N) is 2. The molecule has 1 saturated heterocycles. The Labute approximate surface area is 173 Å². The van der Waals surface area contributed by atoms with Crippen molar-refractivity contribution in [1.82, 2.24) is 9.21 Å². The molecule has 1 aliphatic heterocycles. The van der Waals surface area contributed by atoms with Crippen LogP contribution in [0.4, 0.5) is 4.39 Å². The van der Waals surface area contributed by atoms with E-state index >= 15 is 0 Å². The van der Waals surface area contributed by atoms with Gasteiger partial charge in [-0.05, 0) is 24.3 Å². The number of hydrogen-bond acceptors (Lipinski definition) is 4. The topological polar surface area (TPSA) is 57.7 Å². The van der Waals surface area contributed by atoms with Gasteiger partial charge in [0.05, 0.1) is 10.6 Å². The first-order chi connectivity index (χ1) is 13.4. The molecule has 0 spiro atoms. The van der Waals surface area contributed by atoms with Crippen LogP contribution in [0, 0.1) is 5.82 Å². The molecule has 1 aliphatic rings. The van der Waals surface area contributed by atoms with E-state index in [1.165, 1.54) is 22.1 Å². The molecule has 2 aromatic rings. The summed E-state index contributed by atoms with van der Waals surface area (Å²) in [7, 11) is -3.54. The smallest absolute Gasteiger partial charge is 0.243 e. The van der Waals surface area contributed by atoms with Crippen molar-refractivity contribution in [2.24, 2.45) is 0 Å². The molecule has 9 heteroatoms. The highest BCUT2D eigenvalue weighted by Gasteiger charge is 2.29. The van der Waals surface area contributed by atoms with E-state index in [9.17, 15) is 17.6 Å². The minimum absolute atomic E-state index is 0.0887. The predicted molar refractivity (Wildman–Crippen MR) is 109 cm³/mol. The zero-order chi connectivity index (χ0) is 20.1. The zero-order valence-electron chi connectivity index (χ0n) is 15.1. The van der Waals surface area contributed by atoms with Gasteiger partial charge in [0.1, 0.15) is 5.82 Å². The lowest BCUT2D eigenvalue weighted by Crippen LogP contribution is -2.50. The average Bonchev–Trinajstić information content (AvgIpc) is 2.71. The number of thioether (sulfide) groups is 1. The minimum Gasteiger partial charge on any atom is -0.339 e. The Bertz CT molecular complexity index is 913. The van der Waals surface area contributed by atoms with Gasteiger partial charge in [-0.1, -0.05) is 35.9 Å². The summed E-state index contributed by atoms with van der Waals surface area (Å²) in [6.07, 6.45) is 0. The maximum Gasteiger partial charge on any atom is 0.243 e. The predicted octanol–water partition coefficient (Wildman–Crippen LogP) is 3.25. The summed E-state index contributed by atoms with van der Waals surface area (Å²) in [6.45, 7) is 1.19. The number of hydrogen-bond donors (Lipinski definition) is 0. The summed E-state index contributed by atoms with van der Waals surface area (Å²) in [5, 5.41) is 0.347. The second-order valence-corrected chi connectivity index (χ2v) is 9.62. The van der Waals surface area contributed by atoms with Gasteiger partial charge in [-0.3, -0.25) is 4.79 Å². The van der Waals surface area contributed by atoms with Gasteiger partial charge in [-0.25, -0.2) is 12.8 Å². The number of rotatable bonds is 6. The fourth-order valence-corrected chi connectivity index (χ4v) is 5.63. The highest BCUT2D eigenvalue weighted by Crippen LogP contribution is 2.24. The monoisotopic (exact) mass is 442 g/mol. The summed E-state index contributed by atoms with van der Waals surface area (Å²) in [6, 6.07) is 12.8. The van der Waals surface area contributed by atoms with Crippen LogP contribution < -0.4 is 0 Å². The van der Waals surface area contributed by atoms with Crippen LogP contribution in [0.2, 0.25) is 5.02 Å². The van der Waals surface area contributed by atoms with Crippen molar-refractivity contribution in [3.05, 3.63) is 64.9 Å². The number of benzene rings is 2. The third kappa shape index (κ3) is 4.86. The molecule has 1 heterocycles. The molecule has 0 N–H and O–H groups in total. The van der Waals surface area contributed by atoms with Crippen LogP contribution >= 0.6 is 23.4 Å². The van der Waals surface area contributed by atoms with Crippen molar-refractivity contribution >= 4 is 39.3 Å². The molecular weight excluding hydrogens is 423 g/mol. The SMILES string of the molecule is O=C(CSCc1c(F)cccc1Cl)N1CCN(S(=O)(=O)c2ccccc2)CC1. The van der Waals surface area contributed by atoms with Gasteiger partial charge in [-0.15, -0.1) is 11.8 Å². The Hall–Kier alpha value is -1.61. The molecule has 1 amide bonds. The van der Waals surface area contributed by atoms with Crippen LogP contribution in [0.1, 0.15) is 5.56 Å². The number of amides is 1. The van der Waals surface area contributed by atoms with Crippen LogP contribution in [0.15, 0.2) is 53.4 Å². The normalized spacial score (nSPS) is 15.6. The molecule has 0 atom stereocenters. The summed E-state index contributed by atoms with van der Waals surface area (Å²) < 4.78 is 40.4. The first-order valence-electron chi connectivity index (χ1n) is 8.73. The van der Waals surface area contributed by atoms with Crippen molar-refractivity contribution < 1.29 is 17.6 Å². The molecule has 28 heavy (non-hydrogen) atoms. The lowest BCUT2D eigenvalue weighted by atomic mass is 10.2. The molecule has 0 saturated carbocycles. The molecule has 1 fully saturated rings. The number of sulfonamides is 1. The van der Waals surface area contributed by atoms with E-state index in [0.717, 1.165) is 0 Å². The summed E-state index contributed by atoms with van der Waals surface area (Å²) in [5.74, 6) is 0.0248. The lowest BCUT2D eigenvalue weighted by Gasteiger charge is -2.34. The fraction of sp³-hybridized carbons (Fsp3) is 0.316. The first kappa shape index (κ1) is 21.1. The summed E-state index contributed by atoms with van der Waals surface area (Å²) in [4.78, 5) is 14.3. The van der Waals surface area contributed by atoms with E-state index < -0.39 is 10.0 Å². The van der Waals surface area contributed by atoms with Crippen LogP contribution in [0.5, 0.6) is 0 Å². The van der Waals surface area contributed by atoms with Gasteiger partial charge < -0.3 is 4.90 Å². The highest BCUT2D eigenvalue weighted by molar-refractivity contribution is 7.99. The van der Waals surface area contributed by atoms with Gasteiger partial charge in [-0.2, -0.15) is 4.31 Å². The molecule has 0 aromatic heterocycles. The van der Waals surface area contributed by atoms with E-state index in [4.69, 9.17) is 11.6 Å². The van der Waals surface area contributed by atoms with E-state index in [0.29, 0.717) is 29.4 Å². The highest BCUT2D eigenvalue weighted by atomic mass is 35.5. The number of piperazine rings is 1. The number of halogens is 2. The van der Waals surface area contributed by atoms with Crippen molar-refractivity contribution in [2.45, 2.75) is 10.6 Å². The minimum atomic E-state index is -3.54. The van der Waals surface area contributed by atoms with Crippen LogP contribution in [0.3, 0.4) is 0 Å². The quantitative estimate of drug-likeness (QED) is 0.689. The molecule has 150 valence electrons. The van der Waals surface area contributed by atoms with Gasteiger partial charge in [0.2, 0.25) is 15.9 Å².